The predicted molar refractivity (Wildman–Crippen MR) is 84.9 cm³/mol. The van der Waals surface area contributed by atoms with E-state index in [1.54, 1.807) is 0 Å². The molecule has 0 aromatic heterocycles. The summed E-state index contributed by atoms with van der Waals surface area (Å²) in [6, 6.07) is 8.82. The van der Waals surface area contributed by atoms with E-state index in [-0.39, 0.29) is 0 Å². The third kappa shape index (κ3) is 3.75. The standard InChI is InChI=1S/C18H27Cl/c1-14(2)13-18(9-4-5-10-18)17(19)12-16-8-6-7-15(3)11-16/h6-8,11,14,17H,4-5,9-10,12-13H2,1-3H3. The van der Waals surface area contributed by atoms with E-state index in [0.717, 1.165) is 12.3 Å². The van der Waals surface area contributed by atoms with Gasteiger partial charge in [0.05, 0.1) is 0 Å². The lowest BCUT2D eigenvalue weighted by atomic mass is 9.74. The molecule has 0 nitrogen and oxygen atoms in total. The third-order valence-electron chi connectivity index (χ3n) is 4.58. The molecule has 0 radical (unpaired) electrons. The molecule has 1 heteroatoms. The fourth-order valence-electron chi connectivity index (χ4n) is 3.80. The van der Waals surface area contributed by atoms with Gasteiger partial charge in [0.1, 0.15) is 0 Å². The summed E-state index contributed by atoms with van der Waals surface area (Å²) in [5.41, 5.74) is 3.13. The second-order valence-electron chi connectivity index (χ2n) is 6.83. The maximum atomic E-state index is 6.87. The summed E-state index contributed by atoms with van der Waals surface area (Å²) in [5, 5.41) is 0.291. The molecule has 1 aliphatic rings. The number of alkyl halides is 1. The molecule has 2 rings (SSSR count). The Morgan fingerprint density at radius 1 is 1.21 bits per heavy atom. The molecule has 0 saturated heterocycles. The van der Waals surface area contributed by atoms with Crippen molar-refractivity contribution in [2.45, 2.75) is 64.7 Å². The average molecular weight is 279 g/mol. The molecule has 0 heterocycles. The number of hydrogen-bond donors (Lipinski definition) is 0. The largest absolute Gasteiger partial charge is 0.122 e. The zero-order valence-corrected chi connectivity index (χ0v) is 13.3. The predicted octanol–water partition coefficient (Wildman–Crippen LogP) is 5.75. The first-order chi connectivity index (χ1) is 9.02. The van der Waals surface area contributed by atoms with E-state index in [9.17, 15) is 0 Å². The Labute approximate surface area is 123 Å². The van der Waals surface area contributed by atoms with Gasteiger partial charge in [0.2, 0.25) is 0 Å². The zero-order valence-electron chi connectivity index (χ0n) is 12.6. The van der Waals surface area contributed by atoms with Crippen molar-refractivity contribution in [1.82, 2.24) is 0 Å². The molecule has 1 fully saturated rings. The fraction of sp³-hybridized carbons (Fsp3) is 0.667. The molecule has 0 bridgehead atoms. The smallest absolute Gasteiger partial charge is 0.0432 e. The normalized spacial score (nSPS) is 19.8. The molecule has 1 aromatic rings. The first-order valence-corrected chi connectivity index (χ1v) is 8.15. The highest BCUT2D eigenvalue weighted by Crippen LogP contribution is 2.48. The van der Waals surface area contributed by atoms with Crippen LogP contribution in [0.4, 0.5) is 0 Å². The lowest BCUT2D eigenvalue weighted by Crippen LogP contribution is -2.31. The van der Waals surface area contributed by atoms with E-state index in [2.05, 4.69) is 45.0 Å². The third-order valence-corrected chi connectivity index (χ3v) is 5.19. The molecular formula is C18H27Cl. The Morgan fingerprint density at radius 2 is 1.89 bits per heavy atom. The highest BCUT2D eigenvalue weighted by atomic mass is 35.5. The van der Waals surface area contributed by atoms with Crippen LogP contribution < -0.4 is 0 Å². The Morgan fingerprint density at radius 3 is 2.47 bits per heavy atom. The summed E-state index contributed by atoms with van der Waals surface area (Å²) >= 11 is 6.87. The summed E-state index contributed by atoms with van der Waals surface area (Å²) in [6.07, 6.45) is 7.69. The maximum Gasteiger partial charge on any atom is 0.0432 e. The maximum absolute atomic E-state index is 6.87. The van der Waals surface area contributed by atoms with Crippen LogP contribution >= 0.6 is 11.6 Å². The van der Waals surface area contributed by atoms with Crippen LogP contribution in [-0.2, 0) is 6.42 Å². The highest BCUT2D eigenvalue weighted by Gasteiger charge is 2.40. The van der Waals surface area contributed by atoms with Gasteiger partial charge >= 0.3 is 0 Å². The number of halogens is 1. The van der Waals surface area contributed by atoms with Gasteiger partial charge in [-0.15, -0.1) is 11.6 Å². The van der Waals surface area contributed by atoms with Crippen molar-refractivity contribution in [2.75, 3.05) is 0 Å². The molecule has 1 atom stereocenters. The molecule has 0 spiro atoms. The van der Waals surface area contributed by atoms with E-state index in [0.29, 0.717) is 10.8 Å². The van der Waals surface area contributed by atoms with Crippen molar-refractivity contribution in [3.8, 4) is 0 Å². The topological polar surface area (TPSA) is 0 Å². The SMILES string of the molecule is Cc1cccc(CC(Cl)C2(CC(C)C)CCCC2)c1. The number of hydrogen-bond acceptors (Lipinski definition) is 0. The molecule has 0 amide bonds. The molecule has 1 saturated carbocycles. The van der Waals surface area contributed by atoms with Gasteiger partial charge in [-0.25, -0.2) is 0 Å². The van der Waals surface area contributed by atoms with Gasteiger partial charge in [-0.1, -0.05) is 56.5 Å². The summed E-state index contributed by atoms with van der Waals surface area (Å²) < 4.78 is 0. The summed E-state index contributed by atoms with van der Waals surface area (Å²) in [5.74, 6) is 0.747. The minimum Gasteiger partial charge on any atom is -0.122 e. The van der Waals surface area contributed by atoms with Gasteiger partial charge in [-0.2, -0.15) is 0 Å². The van der Waals surface area contributed by atoms with E-state index in [1.807, 2.05) is 0 Å². The van der Waals surface area contributed by atoms with Crippen LogP contribution in [0.3, 0.4) is 0 Å². The first-order valence-electron chi connectivity index (χ1n) is 7.71. The van der Waals surface area contributed by atoms with Gasteiger partial charge in [0, 0.05) is 5.38 Å². The van der Waals surface area contributed by atoms with Gasteiger partial charge < -0.3 is 0 Å². The van der Waals surface area contributed by atoms with Crippen molar-refractivity contribution < 1.29 is 0 Å². The quantitative estimate of drug-likeness (QED) is 0.602. The monoisotopic (exact) mass is 278 g/mol. The summed E-state index contributed by atoms with van der Waals surface area (Å²) in [4.78, 5) is 0. The van der Waals surface area contributed by atoms with Crippen LogP contribution in [0.1, 0.15) is 57.1 Å². The second kappa shape index (κ2) is 6.31. The Balaban J connectivity index is 2.09. The minimum atomic E-state index is 0.291. The summed E-state index contributed by atoms with van der Waals surface area (Å²) in [6.45, 7) is 6.82. The van der Waals surface area contributed by atoms with E-state index < -0.39 is 0 Å². The molecule has 0 aliphatic heterocycles. The zero-order chi connectivity index (χ0) is 13.9. The number of rotatable bonds is 5. The average Bonchev–Trinajstić information content (AvgIpc) is 2.78. The second-order valence-corrected chi connectivity index (χ2v) is 7.35. The molecule has 0 N–H and O–H groups in total. The van der Waals surface area contributed by atoms with Crippen LogP contribution in [0, 0.1) is 18.3 Å². The van der Waals surface area contributed by atoms with Crippen molar-refractivity contribution in [2.24, 2.45) is 11.3 Å². The van der Waals surface area contributed by atoms with Crippen LogP contribution in [0.25, 0.3) is 0 Å². The highest BCUT2D eigenvalue weighted by molar-refractivity contribution is 6.21. The van der Waals surface area contributed by atoms with Crippen molar-refractivity contribution in [1.29, 1.82) is 0 Å². The molecule has 19 heavy (non-hydrogen) atoms. The Kier molecular flexibility index (Phi) is 4.95. The van der Waals surface area contributed by atoms with Gasteiger partial charge in [0.25, 0.3) is 0 Å². The lowest BCUT2D eigenvalue weighted by molar-refractivity contribution is 0.221. The van der Waals surface area contributed by atoms with Crippen molar-refractivity contribution in [3.63, 3.8) is 0 Å². The minimum absolute atomic E-state index is 0.291. The number of aryl methyl sites for hydroxylation is 1. The van der Waals surface area contributed by atoms with Gasteiger partial charge in [0.15, 0.2) is 0 Å². The van der Waals surface area contributed by atoms with Gasteiger partial charge in [-0.3, -0.25) is 0 Å². The van der Waals surface area contributed by atoms with Crippen LogP contribution in [0.15, 0.2) is 24.3 Å². The Bertz CT molecular complexity index is 402. The molecular weight excluding hydrogens is 252 g/mol. The molecule has 106 valence electrons. The van der Waals surface area contributed by atoms with Crippen molar-refractivity contribution in [3.05, 3.63) is 35.4 Å². The Hall–Kier alpha value is -0.490. The van der Waals surface area contributed by atoms with Crippen molar-refractivity contribution >= 4 is 11.6 Å². The van der Waals surface area contributed by atoms with Crippen LogP contribution in [0.2, 0.25) is 0 Å². The molecule has 1 unspecified atom stereocenters. The van der Waals surface area contributed by atoms with Crippen LogP contribution in [0.5, 0.6) is 0 Å². The van der Waals surface area contributed by atoms with E-state index in [1.165, 1.54) is 43.2 Å². The molecule has 1 aromatic carbocycles. The first kappa shape index (κ1) is 14.9. The van der Waals surface area contributed by atoms with E-state index >= 15 is 0 Å². The lowest BCUT2D eigenvalue weighted by Gasteiger charge is -2.36. The number of benzene rings is 1. The van der Waals surface area contributed by atoms with Crippen LogP contribution in [-0.4, -0.2) is 5.38 Å². The molecule has 1 aliphatic carbocycles. The van der Waals surface area contributed by atoms with Gasteiger partial charge in [-0.05, 0) is 49.5 Å². The van der Waals surface area contributed by atoms with E-state index in [4.69, 9.17) is 11.6 Å². The summed E-state index contributed by atoms with van der Waals surface area (Å²) in [7, 11) is 0. The fourth-order valence-corrected chi connectivity index (χ4v) is 4.29.